The Kier molecular flexibility index (Phi) is 3.18. The third kappa shape index (κ3) is 2.50. The Morgan fingerprint density at radius 2 is 1.87 bits per heavy atom. The highest BCUT2D eigenvalue weighted by atomic mass is 15.5. The second-order valence-electron chi connectivity index (χ2n) is 5.45. The van der Waals surface area contributed by atoms with Crippen molar-refractivity contribution in [3.05, 3.63) is 48.0 Å². The molecule has 7 nitrogen and oxygen atoms in total. The standard InChI is InChI=1S/C16H17N7/c1-11-18-16-8-7-15(21-23(16)20-11)17-9-10-22-12(2)19-13-5-3-4-6-14(13)22/h3-8H,9-10H2,1-2H3,(H,17,21). The smallest absolute Gasteiger partial charge is 0.176 e. The number of aromatic nitrogens is 6. The van der Waals surface area contributed by atoms with Crippen LogP contribution in [0, 0.1) is 13.8 Å². The van der Waals surface area contributed by atoms with Gasteiger partial charge in [-0.3, -0.25) is 0 Å². The second kappa shape index (κ2) is 5.35. The Morgan fingerprint density at radius 1 is 1.00 bits per heavy atom. The van der Waals surface area contributed by atoms with Crippen LogP contribution in [-0.4, -0.2) is 35.9 Å². The first-order valence-corrected chi connectivity index (χ1v) is 7.57. The summed E-state index contributed by atoms with van der Waals surface area (Å²) in [6.07, 6.45) is 0. The van der Waals surface area contributed by atoms with E-state index >= 15 is 0 Å². The summed E-state index contributed by atoms with van der Waals surface area (Å²) in [7, 11) is 0. The van der Waals surface area contributed by atoms with Crippen molar-refractivity contribution < 1.29 is 0 Å². The molecule has 0 saturated heterocycles. The van der Waals surface area contributed by atoms with E-state index in [1.165, 1.54) is 0 Å². The minimum Gasteiger partial charge on any atom is -0.367 e. The van der Waals surface area contributed by atoms with Crippen LogP contribution in [0.5, 0.6) is 0 Å². The summed E-state index contributed by atoms with van der Waals surface area (Å²) in [5, 5.41) is 12.0. The van der Waals surface area contributed by atoms with E-state index in [-0.39, 0.29) is 0 Å². The third-order valence-electron chi connectivity index (χ3n) is 3.80. The zero-order valence-corrected chi connectivity index (χ0v) is 13.1. The normalized spacial score (nSPS) is 11.4. The van der Waals surface area contributed by atoms with Crippen molar-refractivity contribution >= 4 is 22.5 Å². The van der Waals surface area contributed by atoms with E-state index in [0.717, 1.165) is 47.2 Å². The zero-order chi connectivity index (χ0) is 15.8. The predicted molar refractivity (Wildman–Crippen MR) is 88.5 cm³/mol. The summed E-state index contributed by atoms with van der Waals surface area (Å²) >= 11 is 0. The molecule has 0 bridgehead atoms. The van der Waals surface area contributed by atoms with Gasteiger partial charge in [-0.2, -0.15) is 0 Å². The molecule has 0 spiro atoms. The van der Waals surface area contributed by atoms with Gasteiger partial charge in [-0.25, -0.2) is 9.97 Å². The van der Waals surface area contributed by atoms with Gasteiger partial charge in [0.15, 0.2) is 5.65 Å². The number of rotatable bonds is 4. The fourth-order valence-corrected chi connectivity index (χ4v) is 2.76. The lowest BCUT2D eigenvalue weighted by Gasteiger charge is -2.08. The molecular formula is C16H17N7. The molecule has 0 aliphatic rings. The van der Waals surface area contributed by atoms with Crippen molar-refractivity contribution in [2.24, 2.45) is 0 Å². The van der Waals surface area contributed by atoms with Crippen molar-refractivity contribution in [2.75, 3.05) is 11.9 Å². The van der Waals surface area contributed by atoms with E-state index in [1.807, 2.05) is 44.2 Å². The maximum atomic E-state index is 4.58. The van der Waals surface area contributed by atoms with Gasteiger partial charge in [-0.05, 0) is 38.1 Å². The van der Waals surface area contributed by atoms with Crippen molar-refractivity contribution in [1.82, 2.24) is 29.4 Å². The number of nitrogens with one attached hydrogen (secondary N) is 1. The van der Waals surface area contributed by atoms with E-state index in [9.17, 15) is 0 Å². The predicted octanol–water partition coefficient (Wildman–Crippen LogP) is 2.20. The maximum absolute atomic E-state index is 4.58. The van der Waals surface area contributed by atoms with Crippen LogP contribution in [0.25, 0.3) is 16.7 Å². The van der Waals surface area contributed by atoms with Crippen LogP contribution >= 0.6 is 0 Å². The Labute approximate surface area is 133 Å². The van der Waals surface area contributed by atoms with E-state index in [1.54, 1.807) is 4.63 Å². The number of imidazole rings is 1. The van der Waals surface area contributed by atoms with Crippen LogP contribution in [0.1, 0.15) is 11.6 Å². The maximum Gasteiger partial charge on any atom is 0.176 e. The molecule has 0 saturated carbocycles. The molecule has 0 radical (unpaired) electrons. The van der Waals surface area contributed by atoms with Crippen LogP contribution in [-0.2, 0) is 6.54 Å². The van der Waals surface area contributed by atoms with Gasteiger partial charge < -0.3 is 9.88 Å². The van der Waals surface area contributed by atoms with Crippen molar-refractivity contribution in [2.45, 2.75) is 20.4 Å². The SMILES string of the molecule is Cc1nc2ccc(NCCn3c(C)nc4ccccc43)nn2n1. The molecule has 3 aromatic heterocycles. The number of anilines is 1. The molecule has 7 heteroatoms. The van der Waals surface area contributed by atoms with Gasteiger partial charge in [0, 0.05) is 13.1 Å². The van der Waals surface area contributed by atoms with Crippen LogP contribution in [0.2, 0.25) is 0 Å². The average molecular weight is 307 g/mol. The topological polar surface area (TPSA) is 72.9 Å². The second-order valence-corrected chi connectivity index (χ2v) is 5.45. The Bertz CT molecular complexity index is 983. The molecule has 1 N–H and O–H groups in total. The molecule has 0 amide bonds. The summed E-state index contributed by atoms with van der Waals surface area (Å²) in [4.78, 5) is 8.85. The van der Waals surface area contributed by atoms with Crippen molar-refractivity contribution in [1.29, 1.82) is 0 Å². The van der Waals surface area contributed by atoms with E-state index in [0.29, 0.717) is 0 Å². The van der Waals surface area contributed by atoms with Crippen molar-refractivity contribution in [3.63, 3.8) is 0 Å². The molecule has 23 heavy (non-hydrogen) atoms. The molecule has 0 aliphatic heterocycles. The molecule has 3 heterocycles. The van der Waals surface area contributed by atoms with Crippen molar-refractivity contribution in [3.8, 4) is 0 Å². The van der Waals surface area contributed by atoms with Crippen LogP contribution in [0.15, 0.2) is 36.4 Å². The number of benzene rings is 1. The molecule has 1 aromatic carbocycles. The van der Waals surface area contributed by atoms with Gasteiger partial charge >= 0.3 is 0 Å². The van der Waals surface area contributed by atoms with Crippen LogP contribution in [0.3, 0.4) is 0 Å². The Balaban J connectivity index is 1.50. The van der Waals surface area contributed by atoms with Gasteiger partial charge in [0.05, 0.1) is 11.0 Å². The Hall–Kier alpha value is -2.96. The van der Waals surface area contributed by atoms with Gasteiger partial charge in [-0.15, -0.1) is 14.8 Å². The monoisotopic (exact) mass is 307 g/mol. The molecule has 4 rings (SSSR count). The molecule has 0 unspecified atom stereocenters. The first-order valence-electron chi connectivity index (χ1n) is 7.57. The highest BCUT2D eigenvalue weighted by molar-refractivity contribution is 5.75. The summed E-state index contributed by atoms with van der Waals surface area (Å²) < 4.78 is 3.76. The lowest BCUT2D eigenvalue weighted by Crippen LogP contribution is -2.13. The van der Waals surface area contributed by atoms with E-state index < -0.39 is 0 Å². The average Bonchev–Trinajstić information content (AvgIpc) is 3.06. The largest absolute Gasteiger partial charge is 0.367 e. The minimum atomic E-state index is 0.718. The number of aryl methyl sites for hydroxylation is 2. The molecule has 116 valence electrons. The zero-order valence-electron chi connectivity index (χ0n) is 13.1. The molecule has 0 aliphatic carbocycles. The van der Waals surface area contributed by atoms with Gasteiger partial charge in [0.1, 0.15) is 17.5 Å². The summed E-state index contributed by atoms with van der Waals surface area (Å²) in [6.45, 7) is 5.47. The summed E-state index contributed by atoms with van der Waals surface area (Å²) in [6, 6.07) is 12.0. The lowest BCUT2D eigenvalue weighted by molar-refractivity contribution is 0.714. The third-order valence-corrected chi connectivity index (χ3v) is 3.80. The molecular weight excluding hydrogens is 290 g/mol. The summed E-state index contributed by atoms with van der Waals surface area (Å²) in [5.74, 6) is 2.52. The molecule has 0 atom stereocenters. The van der Waals surface area contributed by atoms with Gasteiger partial charge in [-0.1, -0.05) is 12.1 Å². The van der Waals surface area contributed by atoms with Crippen LogP contribution < -0.4 is 5.32 Å². The van der Waals surface area contributed by atoms with Gasteiger partial charge in [0.25, 0.3) is 0 Å². The number of hydrogen-bond donors (Lipinski definition) is 1. The highest BCUT2D eigenvalue weighted by Gasteiger charge is 2.06. The van der Waals surface area contributed by atoms with Crippen LogP contribution in [0.4, 0.5) is 5.82 Å². The van der Waals surface area contributed by atoms with Gasteiger partial charge in [0.2, 0.25) is 0 Å². The number of para-hydroxylation sites is 2. The molecule has 4 aromatic rings. The Morgan fingerprint density at radius 3 is 2.78 bits per heavy atom. The number of hydrogen-bond acceptors (Lipinski definition) is 5. The van der Waals surface area contributed by atoms with E-state index in [2.05, 4.69) is 36.1 Å². The highest BCUT2D eigenvalue weighted by Crippen LogP contribution is 2.15. The quantitative estimate of drug-likeness (QED) is 0.626. The fourth-order valence-electron chi connectivity index (χ4n) is 2.76. The first kappa shape index (κ1) is 13.7. The number of nitrogens with zero attached hydrogens (tertiary/aromatic N) is 6. The fraction of sp³-hybridized carbons (Fsp3) is 0.250. The lowest BCUT2D eigenvalue weighted by atomic mass is 10.3. The summed E-state index contributed by atoms with van der Waals surface area (Å²) in [5.41, 5.74) is 2.94. The molecule has 0 fully saturated rings. The minimum absolute atomic E-state index is 0.718. The first-order chi connectivity index (χ1) is 11.2. The number of fused-ring (bicyclic) bond motifs is 2. The van der Waals surface area contributed by atoms with E-state index in [4.69, 9.17) is 0 Å².